The van der Waals surface area contributed by atoms with Gasteiger partial charge in [0.2, 0.25) is 0 Å². The second kappa shape index (κ2) is 6.49. The van der Waals surface area contributed by atoms with Crippen molar-refractivity contribution in [3.63, 3.8) is 0 Å². The Balaban J connectivity index is 2.08. The zero-order chi connectivity index (χ0) is 14.5. The average Bonchev–Trinajstić information content (AvgIpc) is 2.48. The number of nitro benzene ring substituents is 1. The molecule has 1 atom stereocenters. The fourth-order valence-electron chi connectivity index (χ4n) is 1.65. The van der Waals surface area contributed by atoms with Crippen LogP contribution in [-0.2, 0) is 0 Å². The third kappa shape index (κ3) is 3.55. The number of aromatic nitrogens is 1. The van der Waals surface area contributed by atoms with Gasteiger partial charge < -0.3 is 5.73 Å². The Morgan fingerprint density at radius 3 is 2.40 bits per heavy atom. The molecular weight excluding hydrogens is 274 g/mol. The van der Waals surface area contributed by atoms with Crippen LogP contribution in [0.3, 0.4) is 0 Å². The molecule has 0 unspecified atom stereocenters. The van der Waals surface area contributed by atoms with Crippen LogP contribution in [0.2, 0.25) is 0 Å². The highest BCUT2D eigenvalue weighted by Crippen LogP contribution is 2.29. The minimum atomic E-state index is -0.406. The number of nitrogens with two attached hydrogens (primary N) is 1. The quantitative estimate of drug-likeness (QED) is 0.672. The Kier molecular flexibility index (Phi) is 4.70. The molecule has 2 rings (SSSR count). The highest BCUT2D eigenvalue weighted by Gasteiger charge is 2.07. The van der Waals surface area contributed by atoms with Crippen LogP contribution in [0.1, 0.15) is 25.1 Å². The van der Waals surface area contributed by atoms with Gasteiger partial charge in [0.25, 0.3) is 5.69 Å². The van der Waals surface area contributed by atoms with E-state index in [9.17, 15) is 10.1 Å². The van der Waals surface area contributed by atoms with Crippen LogP contribution in [0.4, 0.5) is 5.69 Å². The smallest absolute Gasteiger partial charge is 0.269 e. The molecule has 0 amide bonds. The molecule has 0 saturated heterocycles. The van der Waals surface area contributed by atoms with Crippen molar-refractivity contribution in [1.82, 2.24) is 4.98 Å². The van der Waals surface area contributed by atoms with Crippen molar-refractivity contribution in [3.05, 3.63) is 58.4 Å². The molecule has 0 saturated carbocycles. The molecule has 20 heavy (non-hydrogen) atoms. The normalized spacial score (nSPS) is 12.1. The molecule has 1 aromatic heterocycles. The lowest BCUT2D eigenvalue weighted by Crippen LogP contribution is -2.10. The first-order valence-corrected chi connectivity index (χ1v) is 7.05. The van der Waals surface area contributed by atoms with Gasteiger partial charge in [-0.2, -0.15) is 0 Å². The van der Waals surface area contributed by atoms with E-state index in [-0.39, 0.29) is 11.7 Å². The van der Waals surface area contributed by atoms with E-state index in [0.717, 1.165) is 21.9 Å². The fraction of sp³-hybridized carbons (Fsp3) is 0.214. The second-order valence-electron chi connectivity index (χ2n) is 4.29. The number of nitrogens with zero attached hydrogens (tertiary/aromatic N) is 2. The number of rotatable bonds is 5. The van der Waals surface area contributed by atoms with Crippen molar-refractivity contribution in [2.45, 2.75) is 29.2 Å². The molecule has 2 aromatic rings. The summed E-state index contributed by atoms with van der Waals surface area (Å²) >= 11 is 1.51. The summed E-state index contributed by atoms with van der Waals surface area (Å²) in [4.78, 5) is 16.4. The average molecular weight is 289 g/mol. The maximum absolute atomic E-state index is 10.6. The van der Waals surface area contributed by atoms with E-state index in [1.807, 2.05) is 19.1 Å². The first-order valence-electron chi connectivity index (χ1n) is 6.24. The highest BCUT2D eigenvalue weighted by atomic mass is 32.2. The molecular formula is C14H15N3O2S. The van der Waals surface area contributed by atoms with Gasteiger partial charge in [0, 0.05) is 34.2 Å². The van der Waals surface area contributed by atoms with Crippen LogP contribution < -0.4 is 5.73 Å². The Morgan fingerprint density at radius 2 is 1.90 bits per heavy atom. The summed E-state index contributed by atoms with van der Waals surface area (Å²) in [5, 5.41) is 10.6. The number of hydrogen-bond donors (Lipinski definition) is 1. The van der Waals surface area contributed by atoms with Crippen LogP contribution in [-0.4, -0.2) is 9.91 Å². The maximum atomic E-state index is 10.6. The molecule has 0 bridgehead atoms. The highest BCUT2D eigenvalue weighted by molar-refractivity contribution is 7.99. The Morgan fingerprint density at radius 1 is 1.25 bits per heavy atom. The summed E-state index contributed by atoms with van der Waals surface area (Å²) < 4.78 is 0. The second-order valence-corrected chi connectivity index (χ2v) is 5.43. The topological polar surface area (TPSA) is 82.0 Å². The zero-order valence-electron chi connectivity index (χ0n) is 11.0. The molecule has 0 fully saturated rings. The standard InChI is InChI=1S/C14H15N3O2S/c1-2-13(15)14-8-7-12(9-16-14)20-11-5-3-10(4-6-11)17(18)19/h3-9,13H,2,15H2,1H3/t13-/m0/s1. The fourth-order valence-corrected chi connectivity index (χ4v) is 2.44. The first kappa shape index (κ1) is 14.5. The number of benzene rings is 1. The summed E-state index contributed by atoms with van der Waals surface area (Å²) in [6.45, 7) is 2.02. The van der Waals surface area contributed by atoms with Crippen molar-refractivity contribution in [1.29, 1.82) is 0 Å². The van der Waals surface area contributed by atoms with E-state index in [2.05, 4.69) is 4.98 Å². The van der Waals surface area contributed by atoms with E-state index < -0.39 is 4.92 Å². The van der Waals surface area contributed by atoms with Gasteiger partial charge in [0.05, 0.1) is 10.6 Å². The molecule has 6 heteroatoms. The minimum absolute atomic E-state index is 0.0339. The summed E-state index contributed by atoms with van der Waals surface area (Å²) in [5.41, 5.74) is 6.88. The van der Waals surface area contributed by atoms with Gasteiger partial charge in [-0.3, -0.25) is 15.1 Å². The summed E-state index contributed by atoms with van der Waals surface area (Å²) in [6.07, 6.45) is 2.62. The van der Waals surface area contributed by atoms with Crippen molar-refractivity contribution in [2.75, 3.05) is 0 Å². The number of hydrogen-bond acceptors (Lipinski definition) is 5. The third-order valence-electron chi connectivity index (χ3n) is 2.86. The van der Waals surface area contributed by atoms with Gasteiger partial charge in [-0.1, -0.05) is 18.7 Å². The van der Waals surface area contributed by atoms with Gasteiger partial charge in [0.1, 0.15) is 0 Å². The van der Waals surface area contributed by atoms with E-state index in [0.29, 0.717) is 0 Å². The molecule has 1 heterocycles. The number of pyridine rings is 1. The number of non-ortho nitro benzene ring substituents is 1. The molecule has 0 spiro atoms. The van der Waals surface area contributed by atoms with Gasteiger partial charge in [-0.05, 0) is 30.7 Å². The van der Waals surface area contributed by atoms with Crippen LogP contribution in [0.25, 0.3) is 0 Å². The lowest BCUT2D eigenvalue weighted by Gasteiger charge is -2.08. The zero-order valence-corrected chi connectivity index (χ0v) is 11.8. The van der Waals surface area contributed by atoms with Crippen molar-refractivity contribution >= 4 is 17.4 Å². The minimum Gasteiger partial charge on any atom is -0.323 e. The summed E-state index contributed by atoms with van der Waals surface area (Å²) in [5.74, 6) is 0. The molecule has 0 aliphatic rings. The largest absolute Gasteiger partial charge is 0.323 e. The Hall–Kier alpha value is -1.92. The van der Waals surface area contributed by atoms with E-state index in [1.54, 1.807) is 18.3 Å². The predicted molar refractivity (Wildman–Crippen MR) is 78.7 cm³/mol. The van der Waals surface area contributed by atoms with Gasteiger partial charge in [-0.25, -0.2) is 0 Å². The van der Waals surface area contributed by atoms with Crippen LogP contribution in [0.5, 0.6) is 0 Å². The number of nitro groups is 1. The molecule has 0 radical (unpaired) electrons. The molecule has 5 nitrogen and oxygen atoms in total. The summed E-state index contributed by atoms with van der Waals surface area (Å²) in [6, 6.07) is 10.3. The van der Waals surface area contributed by atoms with Crippen molar-refractivity contribution in [2.24, 2.45) is 5.73 Å². The Labute approximate surface area is 121 Å². The third-order valence-corrected chi connectivity index (χ3v) is 3.85. The molecule has 104 valence electrons. The van der Waals surface area contributed by atoms with Crippen LogP contribution >= 0.6 is 11.8 Å². The Bertz CT molecular complexity index is 584. The molecule has 0 aliphatic carbocycles. The van der Waals surface area contributed by atoms with E-state index in [4.69, 9.17) is 5.73 Å². The first-order chi connectivity index (χ1) is 9.60. The van der Waals surface area contributed by atoms with Crippen LogP contribution in [0.15, 0.2) is 52.4 Å². The molecule has 1 aromatic carbocycles. The lowest BCUT2D eigenvalue weighted by molar-refractivity contribution is -0.384. The summed E-state index contributed by atoms with van der Waals surface area (Å²) in [7, 11) is 0. The van der Waals surface area contributed by atoms with Gasteiger partial charge in [-0.15, -0.1) is 0 Å². The van der Waals surface area contributed by atoms with Crippen LogP contribution in [0, 0.1) is 10.1 Å². The lowest BCUT2D eigenvalue weighted by atomic mass is 10.1. The maximum Gasteiger partial charge on any atom is 0.269 e. The molecule has 2 N–H and O–H groups in total. The molecule has 0 aliphatic heterocycles. The van der Waals surface area contributed by atoms with Crippen molar-refractivity contribution in [3.8, 4) is 0 Å². The predicted octanol–water partition coefficient (Wildman–Crippen LogP) is 3.55. The van der Waals surface area contributed by atoms with Gasteiger partial charge in [0.15, 0.2) is 0 Å². The van der Waals surface area contributed by atoms with Gasteiger partial charge >= 0.3 is 0 Å². The van der Waals surface area contributed by atoms with Crippen molar-refractivity contribution < 1.29 is 4.92 Å². The van der Waals surface area contributed by atoms with E-state index in [1.165, 1.54) is 23.9 Å². The SMILES string of the molecule is CC[C@H](N)c1ccc(Sc2ccc([N+](=O)[O-])cc2)cn1. The monoisotopic (exact) mass is 289 g/mol. The van der Waals surface area contributed by atoms with E-state index >= 15 is 0 Å².